The lowest BCUT2D eigenvalue weighted by atomic mass is 10.0. The van der Waals surface area contributed by atoms with Gasteiger partial charge in [0.05, 0.1) is 13.2 Å². The van der Waals surface area contributed by atoms with Gasteiger partial charge >= 0.3 is 5.97 Å². The van der Waals surface area contributed by atoms with Crippen LogP contribution in [0.15, 0.2) is 0 Å². The molecule has 0 aromatic heterocycles. The Morgan fingerprint density at radius 1 is 1.00 bits per heavy atom. The highest BCUT2D eigenvalue weighted by molar-refractivity contribution is 5.92. The van der Waals surface area contributed by atoms with Crippen LogP contribution in [0.5, 0.6) is 0 Å². The Morgan fingerprint density at radius 2 is 1.61 bits per heavy atom. The monoisotopic (exact) mass is 403 g/mol. The molecule has 3 unspecified atom stereocenters. The Hall–Kier alpha value is -2.73. The molecule has 0 heterocycles. The lowest BCUT2D eigenvalue weighted by Crippen LogP contribution is -2.54. The number of rotatable bonds is 13. The molecule has 4 amide bonds. The summed E-state index contributed by atoms with van der Waals surface area (Å²) in [4.78, 5) is 58.1. The second kappa shape index (κ2) is 12.6. The van der Waals surface area contributed by atoms with Gasteiger partial charge in [0, 0.05) is 6.42 Å². The first-order valence-electron chi connectivity index (χ1n) is 8.72. The number of aliphatic hydroxyl groups excluding tert-OH is 1. The van der Waals surface area contributed by atoms with Gasteiger partial charge in [-0.2, -0.15) is 0 Å². The molecule has 0 rings (SSSR count). The van der Waals surface area contributed by atoms with Crippen LogP contribution in [-0.4, -0.2) is 71.1 Å². The van der Waals surface area contributed by atoms with Crippen LogP contribution in [0.25, 0.3) is 0 Å². The molecule has 0 aliphatic rings. The second-order valence-electron chi connectivity index (χ2n) is 6.66. The summed E-state index contributed by atoms with van der Waals surface area (Å²) in [5.41, 5.74) is 10.4. The zero-order valence-corrected chi connectivity index (χ0v) is 15.9. The fourth-order valence-corrected chi connectivity index (χ4v) is 2.15. The summed E-state index contributed by atoms with van der Waals surface area (Å²) in [5.74, 6) is -4.26. The second-order valence-corrected chi connectivity index (χ2v) is 6.66. The highest BCUT2D eigenvalue weighted by Gasteiger charge is 2.27. The number of carbonyl (C=O) groups is 5. The van der Waals surface area contributed by atoms with Gasteiger partial charge in [-0.1, -0.05) is 13.8 Å². The molecule has 160 valence electrons. The largest absolute Gasteiger partial charge is 0.480 e. The molecule has 0 spiro atoms. The van der Waals surface area contributed by atoms with Crippen molar-refractivity contribution in [2.75, 3.05) is 13.2 Å². The molecule has 0 radical (unpaired) electrons. The summed E-state index contributed by atoms with van der Waals surface area (Å²) in [6.45, 7) is 2.44. The number of primary amides is 1. The van der Waals surface area contributed by atoms with E-state index in [4.69, 9.17) is 16.6 Å². The molecule has 0 fully saturated rings. The Morgan fingerprint density at radius 3 is 2.07 bits per heavy atom. The normalized spacial score (nSPS) is 13.9. The first-order valence-corrected chi connectivity index (χ1v) is 8.72. The number of amides is 4. The summed E-state index contributed by atoms with van der Waals surface area (Å²) in [7, 11) is 0. The number of aliphatic carboxylic acids is 1. The third kappa shape index (κ3) is 10.4. The number of aliphatic hydroxyl groups is 1. The Bertz CT molecular complexity index is 582. The predicted octanol–water partition coefficient (Wildman–Crippen LogP) is -3.21. The fraction of sp³-hybridized carbons (Fsp3) is 0.688. The van der Waals surface area contributed by atoms with Crippen molar-refractivity contribution in [3.63, 3.8) is 0 Å². The van der Waals surface area contributed by atoms with Crippen molar-refractivity contribution in [3.05, 3.63) is 0 Å². The van der Waals surface area contributed by atoms with E-state index in [2.05, 4.69) is 16.0 Å². The van der Waals surface area contributed by atoms with Gasteiger partial charge in [0.1, 0.15) is 18.1 Å². The third-order valence-electron chi connectivity index (χ3n) is 3.61. The van der Waals surface area contributed by atoms with Crippen molar-refractivity contribution in [2.24, 2.45) is 17.4 Å². The van der Waals surface area contributed by atoms with Gasteiger partial charge in [0.2, 0.25) is 23.6 Å². The molecule has 0 saturated carbocycles. The molecule has 0 aliphatic heterocycles. The highest BCUT2D eigenvalue weighted by Crippen LogP contribution is 2.06. The van der Waals surface area contributed by atoms with Crippen LogP contribution in [0, 0.1) is 5.92 Å². The maximum atomic E-state index is 12.4. The lowest BCUT2D eigenvalue weighted by Gasteiger charge is -2.22. The molecular weight excluding hydrogens is 374 g/mol. The van der Waals surface area contributed by atoms with Crippen molar-refractivity contribution in [2.45, 2.75) is 51.2 Å². The van der Waals surface area contributed by atoms with Crippen LogP contribution >= 0.6 is 0 Å². The minimum atomic E-state index is -1.23. The zero-order chi connectivity index (χ0) is 21.9. The number of hydrogen-bond donors (Lipinski definition) is 7. The van der Waals surface area contributed by atoms with Crippen LogP contribution in [0.3, 0.4) is 0 Å². The minimum Gasteiger partial charge on any atom is -0.480 e. The van der Waals surface area contributed by atoms with Crippen LogP contribution in [-0.2, 0) is 24.0 Å². The SMILES string of the molecule is CC(C)CC(NC(=O)C(CCC(N)=O)NC(=O)CNC(=O)C(N)CO)C(=O)O. The van der Waals surface area contributed by atoms with Gasteiger partial charge < -0.3 is 37.6 Å². The average Bonchev–Trinajstić information content (AvgIpc) is 2.60. The number of hydrogen-bond acceptors (Lipinski definition) is 7. The minimum absolute atomic E-state index is 0.00833. The maximum absolute atomic E-state index is 12.4. The van der Waals surface area contributed by atoms with Crippen molar-refractivity contribution in [1.29, 1.82) is 0 Å². The number of nitrogens with one attached hydrogen (secondary N) is 3. The third-order valence-corrected chi connectivity index (χ3v) is 3.61. The Balaban J connectivity index is 4.97. The van der Waals surface area contributed by atoms with Crippen LogP contribution in [0.2, 0.25) is 0 Å². The molecule has 0 aromatic rings. The van der Waals surface area contributed by atoms with E-state index in [0.29, 0.717) is 0 Å². The lowest BCUT2D eigenvalue weighted by molar-refractivity contribution is -0.142. The van der Waals surface area contributed by atoms with E-state index in [-0.39, 0.29) is 25.2 Å². The first-order chi connectivity index (χ1) is 13.0. The summed E-state index contributed by atoms with van der Waals surface area (Å²) in [5, 5.41) is 24.8. The van der Waals surface area contributed by atoms with E-state index >= 15 is 0 Å². The van der Waals surface area contributed by atoms with Crippen molar-refractivity contribution >= 4 is 29.6 Å². The van der Waals surface area contributed by atoms with Crippen molar-refractivity contribution < 1.29 is 34.2 Å². The molecular formula is C16H29N5O7. The number of nitrogens with two attached hydrogens (primary N) is 2. The summed E-state index contributed by atoms with van der Waals surface area (Å²) < 4.78 is 0. The summed E-state index contributed by atoms with van der Waals surface area (Å²) in [6, 6.07) is -3.59. The Labute approximate surface area is 162 Å². The van der Waals surface area contributed by atoms with Gasteiger partial charge in [-0.25, -0.2) is 4.79 Å². The van der Waals surface area contributed by atoms with Crippen LogP contribution in [0.4, 0.5) is 0 Å². The zero-order valence-electron chi connectivity index (χ0n) is 15.9. The molecule has 12 heteroatoms. The van der Waals surface area contributed by atoms with Crippen molar-refractivity contribution in [3.8, 4) is 0 Å². The number of carboxylic acid groups (broad SMARTS) is 1. The molecule has 0 aliphatic carbocycles. The predicted molar refractivity (Wildman–Crippen MR) is 97.5 cm³/mol. The van der Waals surface area contributed by atoms with Crippen LogP contribution in [0.1, 0.15) is 33.1 Å². The van der Waals surface area contributed by atoms with E-state index in [0.717, 1.165) is 0 Å². The highest BCUT2D eigenvalue weighted by atomic mass is 16.4. The molecule has 0 bridgehead atoms. The van der Waals surface area contributed by atoms with Gasteiger partial charge in [-0.05, 0) is 18.8 Å². The van der Waals surface area contributed by atoms with Gasteiger partial charge in [-0.15, -0.1) is 0 Å². The summed E-state index contributed by atoms with van der Waals surface area (Å²) in [6.07, 6.45) is -0.195. The first kappa shape index (κ1) is 25.3. The van der Waals surface area contributed by atoms with E-state index in [1.807, 2.05) is 0 Å². The molecule has 9 N–H and O–H groups in total. The average molecular weight is 403 g/mol. The van der Waals surface area contributed by atoms with E-state index in [9.17, 15) is 29.1 Å². The summed E-state index contributed by atoms with van der Waals surface area (Å²) >= 11 is 0. The smallest absolute Gasteiger partial charge is 0.326 e. The van der Waals surface area contributed by atoms with Gasteiger partial charge in [0.15, 0.2) is 0 Å². The van der Waals surface area contributed by atoms with Gasteiger partial charge in [0.25, 0.3) is 0 Å². The fourth-order valence-electron chi connectivity index (χ4n) is 2.15. The van der Waals surface area contributed by atoms with Gasteiger partial charge in [-0.3, -0.25) is 19.2 Å². The topological polar surface area (TPSA) is 214 Å². The molecule has 28 heavy (non-hydrogen) atoms. The van der Waals surface area contributed by atoms with Crippen molar-refractivity contribution in [1.82, 2.24) is 16.0 Å². The quantitative estimate of drug-likeness (QED) is 0.166. The van der Waals surface area contributed by atoms with E-state index in [1.165, 1.54) is 0 Å². The van der Waals surface area contributed by atoms with E-state index < -0.39 is 60.9 Å². The molecule has 3 atom stereocenters. The number of carboxylic acids is 1. The maximum Gasteiger partial charge on any atom is 0.326 e. The molecule has 12 nitrogen and oxygen atoms in total. The van der Waals surface area contributed by atoms with E-state index in [1.54, 1.807) is 13.8 Å². The molecule has 0 saturated heterocycles. The molecule has 0 aromatic carbocycles. The number of carbonyl (C=O) groups excluding carboxylic acids is 4. The van der Waals surface area contributed by atoms with Crippen LogP contribution < -0.4 is 27.4 Å². The Kier molecular flexibility index (Phi) is 11.4. The standard InChI is InChI=1S/C16H29N5O7/c1-8(2)5-11(16(27)28)21-15(26)10(3-4-12(18)23)20-13(24)6-19-14(25)9(17)7-22/h8-11,22H,3-7,17H2,1-2H3,(H2,18,23)(H,19,25)(H,20,24)(H,21,26)(H,27,28).